The van der Waals surface area contributed by atoms with E-state index >= 15 is 0 Å². The van der Waals surface area contributed by atoms with Crippen LogP contribution in [0.3, 0.4) is 0 Å². The molecule has 0 bridgehead atoms. The molecule has 0 spiro atoms. The van der Waals surface area contributed by atoms with Gasteiger partial charge in [-0.15, -0.1) is 11.3 Å². The van der Waals surface area contributed by atoms with Crippen molar-refractivity contribution in [1.82, 2.24) is 10.3 Å². The number of hydrogen-bond acceptors (Lipinski definition) is 3. The SMILES string of the molecule is CC[C@H](C)C(=O)NCc1csc(C(C)(C)C)n1. The standard InChI is InChI=1S/C13H22N2OS/c1-6-9(2)11(16)14-7-10-8-17-12(15-10)13(3,4)5/h8-9H,6-7H2,1-5H3,(H,14,16)/t9-/m0/s1. The number of hydrogen-bond donors (Lipinski definition) is 1. The maximum absolute atomic E-state index is 11.6. The maximum Gasteiger partial charge on any atom is 0.223 e. The summed E-state index contributed by atoms with van der Waals surface area (Å²) in [5, 5.41) is 6.06. The molecule has 1 amide bonds. The lowest BCUT2D eigenvalue weighted by Crippen LogP contribution is -2.28. The zero-order valence-corrected chi connectivity index (χ0v) is 12.1. The van der Waals surface area contributed by atoms with E-state index in [0.717, 1.165) is 17.1 Å². The van der Waals surface area contributed by atoms with Crippen LogP contribution in [0.15, 0.2) is 5.38 Å². The molecule has 1 rings (SSSR count). The highest BCUT2D eigenvalue weighted by molar-refractivity contribution is 7.09. The molecule has 0 aromatic carbocycles. The van der Waals surface area contributed by atoms with Crippen LogP contribution in [0.25, 0.3) is 0 Å². The highest BCUT2D eigenvalue weighted by Crippen LogP contribution is 2.25. The number of carbonyl (C=O) groups is 1. The van der Waals surface area contributed by atoms with Gasteiger partial charge in [-0.25, -0.2) is 4.98 Å². The molecule has 1 aromatic rings. The van der Waals surface area contributed by atoms with Crippen LogP contribution in [0, 0.1) is 5.92 Å². The van der Waals surface area contributed by atoms with E-state index in [1.54, 1.807) is 11.3 Å². The van der Waals surface area contributed by atoms with Gasteiger partial charge in [-0.05, 0) is 6.42 Å². The monoisotopic (exact) mass is 254 g/mol. The van der Waals surface area contributed by atoms with Crippen molar-refractivity contribution in [2.24, 2.45) is 5.92 Å². The minimum absolute atomic E-state index is 0.0794. The Bertz CT molecular complexity index is 379. The van der Waals surface area contributed by atoms with Gasteiger partial charge in [0.2, 0.25) is 5.91 Å². The summed E-state index contributed by atoms with van der Waals surface area (Å²) >= 11 is 1.66. The highest BCUT2D eigenvalue weighted by Gasteiger charge is 2.18. The van der Waals surface area contributed by atoms with Crippen LogP contribution >= 0.6 is 11.3 Å². The second-order valence-electron chi connectivity index (χ2n) is 5.42. The Morgan fingerprint density at radius 3 is 2.65 bits per heavy atom. The van der Waals surface area contributed by atoms with Crippen molar-refractivity contribution >= 4 is 17.2 Å². The number of rotatable bonds is 4. The van der Waals surface area contributed by atoms with Gasteiger partial charge in [0.25, 0.3) is 0 Å². The van der Waals surface area contributed by atoms with Crippen LogP contribution in [-0.2, 0) is 16.8 Å². The van der Waals surface area contributed by atoms with Crippen molar-refractivity contribution in [3.8, 4) is 0 Å². The van der Waals surface area contributed by atoms with Crippen molar-refractivity contribution in [3.05, 3.63) is 16.1 Å². The van der Waals surface area contributed by atoms with Gasteiger partial charge in [0.05, 0.1) is 17.2 Å². The van der Waals surface area contributed by atoms with Crippen molar-refractivity contribution < 1.29 is 4.79 Å². The summed E-state index contributed by atoms with van der Waals surface area (Å²) in [6, 6.07) is 0. The first kappa shape index (κ1) is 14.2. The Hall–Kier alpha value is -0.900. The van der Waals surface area contributed by atoms with E-state index in [-0.39, 0.29) is 17.2 Å². The number of thiazole rings is 1. The third kappa shape index (κ3) is 4.11. The second-order valence-corrected chi connectivity index (χ2v) is 6.28. The molecule has 0 radical (unpaired) electrons. The summed E-state index contributed by atoms with van der Waals surface area (Å²) in [6.45, 7) is 10.9. The van der Waals surface area contributed by atoms with Crippen LogP contribution in [0.2, 0.25) is 0 Å². The Labute approximate surface area is 108 Å². The molecule has 3 nitrogen and oxygen atoms in total. The summed E-state index contributed by atoms with van der Waals surface area (Å²) in [5.74, 6) is 0.188. The molecular formula is C13H22N2OS. The number of nitrogens with zero attached hydrogens (tertiary/aromatic N) is 1. The van der Waals surface area contributed by atoms with Gasteiger partial charge >= 0.3 is 0 Å². The lowest BCUT2D eigenvalue weighted by Gasteiger charge is -2.13. The molecule has 0 aliphatic carbocycles. The Morgan fingerprint density at radius 2 is 2.18 bits per heavy atom. The predicted octanol–water partition coefficient (Wildman–Crippen LogP) is 3.10. The van der Waals surface area contributed by atoms with E-state index in [0.29, 0.717) is 6.54 Å². The molecular weight excluding hydrogens is 232 g/mol. The Balaban J connectivity index is 2.54. The third-order valence-electron chi connectivity index (χ3n) is 2.70. The van der Waals surface area contributed by atoms with Gasteiger partial charge < -0.3 is 5.32 Å². The molecule has 0 fully saturated rings. The van der Waals surface area contributed by atoms with E-state index in [4.69, 9.17) is 0 Å². The Kier molecular flexibility index (Phi) is 4.69. The lowest BCUT2D eigenvalue weighted by atomic mass is 9.98. The van der Waals surface area contributed by atoms with Gasteiger partial charge in [0, 0.05) is 16.7 Å². The molecule has 1 N–H and O–H groups in total. The summed E-state index contributed by atoms with van der Waals surface area (Å²) in [5.41, 5.74) is 1.04. The first-order valence-corrected chi connectivity index (χ1v) is 6.95. The molecule has 1 heterocycles. The topological polar surface area (TPSA) is 42.0 Å². The van der Waals surface area contributed by atoms with Crippen molar-refractivity contribution in [2.75, 3.05) is 0 Å². The van der Waals surface area contributed by atoms with Crippen LogP contribution in [-0.4, -0.2) is 10.9 Å². The summed E-state index contributed by atoms with van der Waals surface area (Å²) < 4.78 is 0. The molecule has 4 heteroatoms. The molecule has 0 unspecified atom stereocenters. The van der Waals surface area contributed by atoms with Gasteiger partial charge in [-0.2, -0.15) is 0 Å². The predicted molar refractivity (Wildman–Crippen MR) is 72.1 cm³/mol. The van der Waals surface area contributed by atoms with E-state index in [2.05, 4.69) is 31.1 Å². The molecule has 96 valence electrons. The zero-order chi connectivity index (χ0) is 13.1. The summed E-state index contributed by atoms with van der Waals surface area (Å²) in [7, 11) is 0. The molecule has 0 aliphatic rings. The fraction of sp³-hybridized carbons (Fsp3) is 0.692. The van der Waals surface area contributed by atoms with E-state index < -0.39 is 0 Å². The summed E-state index contributed by atoms with van der Waals surface area (Å²) in [4.78, 5) is 16.2. The van der Waals surface area contributed by atoms with Crippen molar-refractivity contribution in [3.63, 3.8) is 0 Å². The molecule has 17 heavy (non-hydrogen) atoms. The van der Waals surface area contributed by atoms with E-state index in [1.165, 1.54) is 0 Å². The molecule has 1 atom stereocenters. The van der Waals surface area contributed by atoms with Crippen LogP contribution in [0.5, 0.6) is 0 Å². The smallest absolute Gasteiger partial charge is 0.223 e. The first-order chi connectivity index (χ1) is 7.84. The zero-order valence-electron chi connectivity index (χ0n) is 11.3. The molecule has 1 aromatic heterocycles. The minimum Gasteiger partial charge on any atom is -0.350 e. The van der Waals surface area contributed by atoms with E-state index in [9.17, 15) is 4.79 Å². The van der Waals surface area contributed by atoms with E-state index in [1.807, 2.05) is 19.2 Å². The quantitative estimate of drug-likeness (QED) is 0.897. The van der Waals surface area contributed by atoms with Crippen LogP contribution < -0.4 is 5.32 Å². The number of carbonyl (C=O) groups excluding carboxylic acids is 1. The molecule has 0 saturated carbocycles. The van der Waals surface area contributed by atoms with Crippen molar-refractivity contribution in [1.29, 1.82) is 0 Å². The second kappa shape index (κ2) is 5.63. The molecule has 0 saturated heterocycles. The fourth-order valence-electron chi connectivity index (χ4n) is 1.27. The van der Waals surface area contributed by atoms with Crippen LogP contribution in [0.1, 0.15) is 51.7 Å². The largest absolute Gasteiger partial charge is 0.350 e. The average molecular weight is 254 g/mol. The lowest BCUT2D eigenvalue weighted by molar-refractivity contribution is -0.124. The molecule has 0 aliphatic heterocycles. The van der Waals surface area contributed by atoms with Crippen LogP contribution in [0.4, 0.5) is 0 Å². The van der Waals surface area contributed by atoms with Gasteiger partial charge in [0.1, 0.15) is 0 Å². The Morgan fingerprint density at radius 1 is 1.53 bits per heavy atom. The first-order valence-electron chi connectivity index (χ1n) is 6.07. The number of amides is 1. The fourth-order valence-corrected chi connectivity index (χ4v) is 2.18. The minimum atomic E-state index is 0.0794. The summed E-state index contributed by atoms with van der Waals surface area (Å²) in [6.07, 6.45) is 0.871. The normalized spacial score (nSPS) is 13.5. The number of nitrogens with one attached hydrogen (secondary N) is 1. The van der Waals surface area contributed by atoms with Gasteiger partial charge in [0.15, 0.2) is 0 Å². The van der Waals surface area contributed by atoms with Gasteiger partial charge in [-0.1, -0.05) is 34.6 Å². The van der Waals surface area contributed by atoms with Crippen molar-refractivity contribution in [2.45, 2.75) is 53.0 Å². The third-order valence-corrected chi connectivity index (χ3v) is 4.01. The highest BCUT2D eigenvalue weighted by atomic mass is 32.1. The average Bonchev–Trinajstić information content (AvgIpc) is 2.72. The number of aromatic nitrogens is 1. The maximum atomic E-state index is 11.6. The van der Waals surface area contributed by atoms with Gasteiger partial charge in [-0.3, -0.25) is 4.79 Å².